The van der Waals surface area contributed by atoms with Gasteiger partial charge in [0.15, 0.2) is 0 Å². The molecule has 2 aliphatic rings. The van der Waals surface area contributed by atoms with E-state index in [9.17, 15) is 14.4 Å². The van der Waals surface area contributed by atoms with Crippen molar-refractivity contribution < 1.29 is 9.59 Å². The topological polar surface area (TPSA) is 84.3 Å². The highest BCUT2D eigenvalue weighted by molar-refractivity contribution is 7.20. The van der Waals surface area contributed by atoms with E-state index in [1.807, 2.05) is 36.1 Å². The molecule has 8 heteroatoms. The number of benzene rings is 1. The van der Waals surface area contributed by atoms with Crippen LogP contribution in [0.1, 0.15) is 75.5 Å². The van der Waals surface area contributed by atoms with E-state index in [4.69, 9.17) is 4.98 Å². The molecule has 7 nitrogen and oxygen atoms in total. The first-order valence-corrected chi connectivity index (χ1v) is 13.0. The lowest BCUT2D eigenvalue weighted by Crippen LogP contribution is -2.35. The van der Waals surface area contributed by atoms with Crippen molar-refractivity contribution in [2.75, 3.05) is 13.1 Å². The maximum Gasteiger partial charge on any atom is 0.262 e. The average Bonchev–Trinajstić information content (AvgIpc) is 3.03. The first-order chi connectivity index (χ1) is 16.5. The summed E-state index contributed by atoms with van der Waals surface area (Å²) in [7, 11) is 0. The van der Waals surface area contributed by atoms with E-state index in [0.717, 1.165) is 63.0 Å². The van der Waals surface area contributed by atoms with Crippen LogP contribution >= 0.6 is 11.3 Å². The van der Waals surface area contributed by atoms with Crippen molar-refractivity contribution in [2.45, 2.75) is 65.0 Å². The normalized spacial score (nSPS) is 16.2. The number of nitrogens with zero attached hydrogens (tertiary/aromatic N) is 3. The third-order valence-electron chi connectivity index (χ3n) is 6.89. The van der Waals surface area contributed by atoms with Crippen LogP contribution in [0.5, 0.6) is 0 Å². The van der Waals surface area contributed by atoms with Gasteiger partial charge >= 0.3 is 0 Å². The Morgan fingerprint density at radius 1 is 1.06 bits per heavy atom. The number of rotatable bonds is 4. The molecular weight excluding hydrogens is 448 g/mol. The summed E-state index contributed by atoms with van der Waals surface area (Å²) in [6.07, 6.45) is 7.21. The van der Waals surface area contributed by atoms with Crippen LogP contribution in [0.15, 0.2) is 29.1 Å². The van der Waals surface area contributed by atoms with E-state index in [2.05, 4.69) is 5.32 Å². The van der Waals surface area contributed by atoms with Crippen LogP contribution in [0.25, 0.3) is 10.2 Å². The van der Waals surface area contributed by atoms with E-state index in [0.29, 0.717) is 39.3 Å². The van der Waals surface area contributed by atoms with Crippen molar-refractivity contribution in [1.82, 2.24) is 19.8 Å². The van der Waals surface area contributed by atoms with Crippen molar-refractivity contribution in [1.29, 1.82) is 0 Å². The van der Waals surface area contributed by atoms with Crippen molar-refractivity contribution >= 4 is 33.4 Å². The highest BCUT2D eigenvalue weighted by atomic mass is 32.1. The largest absolute Gasteiger partial charge is 0.347 e. The number of piperidine rings is 1. The molecule has 5 rings (SSSR count). The fraction of sp³-hybridized carbons (Fsp3) is 0.462. The lowest BCUT2D eigenvalue weighted by atomic mass is 10.1. The first kappa shape index (κ1) is 22.8. The van der Waals surface area contributed by atoms with Gasteiger partial charge in [0.25, 0.3) is 17.4 Å². The Balaban J connectivity index is 1.33. The number of fused-ring (bicyclic) bond motifs is 2. The Morgan fingerprint density at radius 2 is 1.82 bits per heavy atom. The van der Waals surface area contributed by atoms with Gasteiger partial charge in [0.1, 0.15) is 10.7 Å². The van der Waals surface area contributed by atoms with Gasteiger partial charge in [-0.15, -0.1) is 11.3 Å². The Bertz CT molecular complexity index is 1300. The summed E-state index contributed by atoms with van der Waals surface area (Å²) in [4.78, 5) is 46.9. The highest BCUT2D eigenvalue weighted by Crippen LogP contribution is 2.28. The van der Waals surface area contributed by atoms with Gasteiger partial charge in [0.05, 0.1) is 10.3 Å². The molecule has 3 aromatic rings. The van der Waals surface area contributed by atoms with Gasteiger partial charge in [0.2, 0.25) is 0 Å². The Kier molecular flexibility index (Phi) is 6.50. The predicted octanol–water partition coefficient (Wildman–Crippen LogP) is 4.05. The van der Waals surface area contributed by atoms with Crippen LogP contribution < -0.4 is 10.9 Å². The number of carbonyl (C=O) groups is 2. The Labute approximate surface area is 202 Å². The lowest BCUT2D eigenvalue weighted by molar-refractivity contribution is 0.0724. The van der Waals surface area contributed by atoms with Crippen LogP contribution in [0.4, 0.5) is 0 Å². The lowest BCUT2D eigenvalue weighted by Gasteiger charge is -2.26. The maximum atomic E-state index is 13.2. The van der Waals surface area contributed by atoms with Crippen molar-refractivity contribution in [3.05, 3.63) is 62.0 Å². The Morgan fingerprint density at radius 3 is 2.65 bits per heavy atom. The third kappa shape index (κ3) is 4.39. The molecule has 4 heterocycles. The fourth-order valence-corrected chi connectivity index (χ4v) is 6.09. The van der Waals surface area contributed by atoms with Gasteiger partial charge in [-0.05, 0) is 62.3 Å². The summed E-state index contributed by atoms with van der Waals surface area (Å²) >= 11 is 1.29. The number of aryl methyl sites for hydroxylation is 2. The molecule has 1 aromatic carbocycles. The predicted molar refractivity (Wildman–Crippen MR) is 134 cm³/mol. The van der Waals surface area contributed by atoms with Gasteiger partial charge in [-0.1, -0.05) is 18.6 Å². The zero-order chi connectivity index (χ0) is 23.7. The number of hydrogen-bond acceptors (Lipinski definition) is 5. The van der Waals surface area contributed by atoms with Gasteiger partial charge in [-0.3, -0.25) is 19.0 Å². The molecule has 34 heavy (non-hydrogen) atoms. The molecule has 1 saturated heterocycles. The van der Waals surface area contributed by atoms with E-state index < -0.39 is 0 Å². The Hall–Kier alpha value is -3.00. The minimum atomic E-state index is -0.215. The molecule has 0 unspecified atom stereocenters. The summed E-state index contributed by atoms with van der Waals surface area (Å²) in [5.74, 6) is 0.672. The van der Waals surface area contributed by atoms with E-state index in [-0.39, 0.29) is 17.4 Å². The fourth-order valence-electron chi connectivity index (χ4n) is 4.98. The smallest absolute Gasteiger partial charge is 0.262 e. The quantitative estimate of drug-likeness (QED) is 0.613. The molecule has 0 saturated carbocycles. The molecule has 178 valence electrons. The van der Waals surface area contributed by atoms with Crippen LogP contribution in [0, 0.1) is 6.92 Å². The minimum Gasteiger partial charge on any atom is -0.347 e. The van der Waals surface area contributed by atoms with Gasteiger partial charge in [-0.25, -0.2) is 4.98 Å². The second-order valence-corrected chi connectivity index (χ2v) is 10.3. The third-order valence-corrected chi connectivity index (χ3v) is 8.07. The number of thiophene rings is 1. The van der Waals surface area contributed by atoms with Gasteiger partial charge in [-0.2, -0.15) is 0 Å². The van der Waals surface area contributed by atoms with Gasteiger partial charge in [0, 0.05) is 38.2 Å². The molecule has 0 spiro atoms. The van der Waals surface area contributed by atoms with E-state index >= 15 is 0 Å². The van der Waals surface area contributed by atoms with Crippen molar-refractivity contribution in [3.63, 3.8) is 0 Å². The summed E-state index contributed by atoms with van der Waals surface area (Å²) in [5.41, 5.74) is 2.20. The maximum absolute atomic E-state index is 13.2. The van der Waals surface area contributed by atoms with E-state index in [1.54, 1.807) is 4.57 Å². The number of carbonyl (C=O) groups excluding carboxylic acids is 2. The summed E-state index contributed by atoms with van der Waals surface area (Å²) in [5, 5.41) is 3.54. The second kappa shape index (κ2) is 9.70. The summed E-state index contributed by atoms with van der Waals surface area (Å²) in [6, 6.07) is 7.47. The zero-order valence-corrected chi connectivity index (χ0v) is 20.4. The van der Waals surface area contributed by atoms with Gasteiger partial charge < -0.3 is 10.2 Å². The monoisotopic (exact) mass is 478 g/mol. The summed E-state index contributed by atoms with van der Waals surface area (Å²) < 4.78 is 1.79. The molecule has 1 fully saturated rings. The molecule has 0 radical (unpaired) electrons. The number of nitrogens with one attached hydrogen (secondary N) is 1. The number of amides is 2. The van der Waals surface area contributed by atoms with Crippen LogP contribution in [-0.4, -0.2) is 39.4 Å². The van der Waals surface area contributed by atoms with Crippen LogP contribution in [-0.2, 0) is 19.5 Å². The molecule has 2 aliphatic heterocycles. The molecule has 2 aromatic heterocycles. The SMILES string of the molecule is Cc1c(C(=O)NCc2cccc(C(=O)N3CCCCC3)c2)sc2nc3n(c(=O)c12)CCCCC3. The molecule has 0 bridgehead atoms. The first-order valence-electron chi connectivity index (χ1n) is 12.2. The molecule has 2 amide bonds. The highest BCUT2D eigenvalue weighted by Gasteiger charge is 2.22. The van der Waals surface area contributed by atoms with Crippen LogP contribution in [0.2, 0.25) is 0 Å². The minimum absolute atomic E-state index is 0.0290. The second-order valence-electron chi connectivity index (χ2n) is 9.27. The number of likely N-dealkylation sites (tertiary alicyclic amines) is 1. The number of hydrogen-bond donors (Lipinski definition) is 1. The zero-order valence-electron chi connectivity index (χ0n) is 19.6. The molecule has 1 N–H and O–H groups in total. The standard InChI is InChI=1S/C26H30N4O3S/c1-17-21-24(28-20-11-4-2-7-14-30(20)26(21)33)34-22(17)23(31)27-16-18-9-8-10-19(15-18)25(32)29-12-5-3-6-13-29/h8-10,15H,2-7,11-14,16H2,1H3,(H,27,31). The molecule has 0 atom stereocenters. The van der Waals surface area contributed by atoms with Crippen LogP contribution in [0.3, 0.4) is 0 Å². The number of aromatic nitrogens is 2. The average molecular weight is 479 g/mol. The van der Waals surface area contributed by atoms with Crippen molar-refractivity contribution in [2.24, 2.45) is 0 Å². The molecular formula is C26H30N4O3S. The van der Waals surface area contributed by atoms with Crippen molar-refractivity contribution in [3.8, 4) is 0 Å². The van der Waals surface area contributed by atoms with E-state index in [1.165, 1.54) is 17.8 Å². The molecule has 0 aliphatic carbocycles. The summed E-state index contributed by atoms with van der Waals surface area (Å²) in [6.45, 7) is 4.46.